The van der Waals surface area contributed by atoms with Crippen LogP contribution in [0.5, 0.6) is 17.2 Å². The van der Waals surface area contributed by atoms with Crippen molar-refractivity contribution in [1.29, 1.82) is 0 Å². The Balaban J connectivity index is 1.39. The maximum atomic E-state index is 13.0. The maximum Gasteiger partial charge on any atom is 0.235 e. The minimum Gasteiger partial charge on any atom is -0.508 e. The molecule has 4 heterocycles. The van der Waals surface area contributed by atoms with E-state index in [1.54, 1.807) is 12.3 Å². The number of ketones is 1. The molecule has 2 aromatic carbocycles. The van der Waals surface area contributed by atoms with Crippen molar-refractivity contribution in [3.8, 4) is 28.4 Å². The Hall–Kier alpha value is -4.30. The number of likely N-dealkylation sites (N-methyl/N-ethyl adjacent to an activating group) is 1. The maximum absolute atomic E-state index is 13.0. The van der Waals surface area contributed by atoms with Crippen LogP contribution in [0.3, 0.4) is 0 Å². The van der Waals surface area contributed by atoms with Gasteiger partial charge in [-0.1, -0.05) is 12.1 Å². The van der Waals surface area contributed by atoms with Crippen molar-refractivity contribution in [2.45, 2.75) is 0 Å². The summed E-state index contributed by atoms with van der Waals surface area (Å²) in [6, 6.07) is 13.0. The lowest BCUT2D eigenvalue weighted by Gasteiger charge is -2.34. The number of Topliss-reactive ketones (excluding diaryl/α,β-unsaturated/α-hetero) is 1. The van der Waals surface area contributed by atoms with E-state index in [0.29, 0.717) is 0 Å². The van der Waals surface area contributed by atoms with E-state index < -0.39 is 5.78 Å². The van der Waals surface area contributed by atoms with Crippen molar-refractivity contribution in [3.63, 3.8) is 0 Å². The number of hydrogen-bond donors (Lipinski definition) is 2. The molecule has 2 N–H and O–H groups in total. The summed E-state index contributed by atoms with van der Waals surface area (Å²) in [5.74, 6) is -0.682. The molecule has 0 spiro atoms. The highest BCUT2D eigenvalue weighted by molar-refractivity contribution is 6.17. The van der Waals surface area contributed by atoms with Crippen molar-refractivity contribution in [1.82, 2.24) is 14.5 Å². The summed E-state index contributed by atoms with van der Waals surface area (Å²) in [6.45, 7) is 4.12. The van der Waals surface area contributed by atoms with Crippen LogP contribution in [-0.2, 0) is 7.05 Å². The number of benzene rings is 2. The number of phenols is 2. The minimum absolute atomic E-state index is 0.0529. The van der Waals surface area contributed by atoms with Gasteiger partial charge in [0.25, 0.3) is 0 Å². The predicted octanol–water partition coefficient (Wildman–Crippen LogP) is 4.02. The molecule has 182 valence electrons. The average molecular weight is 483 g/mol. The summed E-state index contributed by atoms with van der Waals surface area (Å²) in [5, 5.41) is 20.8. The number of aromatic hydroxyl groups is 2. The molecule has 0 bridgehead atoms. The Morgan fingerprint density at radius 2 is 1.75 bits per heavy atom. The summed E-state index contributed by atoms with van der Waals surface area (Å²) < 4.78 is 7.65. The molecule has 0 aliphatic carbocycles. The van der Waals surface area contributed by atoms with Gasteiger partial charge in [0.15, 0.2) is 5.76 Å². The monoisotopic (exact) mass is 482 g/mol. The molecule has 4 aromatic rings. The topological polar surface area (TPSA) is 91.1 Å². The fourth-order valence-corrected chi connectivity index (χ4v) is 5.02. The fraction of sp³-hybridized carbons (Fsp3) is 0.214. The molecule has 36 heavy (non-hydrogen) atoms. The first-order valence-corrected chi connectivity index (χ1v) is 11.9. The van der Waals surface area contributed by atoms with E-state index in [1.165, 1.54) is 11.8 Å². The molecule has 0 unspecified atom stereocenters. The molecule has 2 aliphatic heterocycles. The first-order valence-electron chi connectivity index (χ1n) is 11.9. The summed E-state index contributed by atoms with van der Waals surface area (Å²) in [6.07, 6.45) is 5.37. The fourth-order valence-electron chi connectivity index (χ4n) is 5.02. The number of carbonyl (C=O) groups excluding carboxylic acids is 1. The smallest absolute Gasteiger partial charge is 0.235 e. The SMILES string of the molecule is CN1CCN(c2ccc(-c3ccnc4c3c(C=C3Oc5cc(O)cc(O)c5C3=O)cn4C)cc2)CC1. The van der Waals surface area contributed by atoms with Crippen LogP contribution in [0, 0.1) is 0 Å². The van der Waals surface area contributed by atoms with Gasteiger partial charge in [0.05, 0.1) is 0 Å². The number of phenolic OH excluding ortho intramolecular Hbond substituents is 2. The molecule has 8 nitrogen and oxygen atoms in total. The van der Waals surface area contributed by atoms with E-state index in [9.17, 15) is 15.0 Å². The molecular formula is C28H26N4O4. The van der Waals surface area contributed by atoms with Gasteiger partial charge in [-0.05, 0) is 42.4 Å². The number of nitrogens with zero attached hydrogens (tertiary/aromatic N) is 4. The zero-order valence-electron chi connectivity index (χ0n) is 20.1. The van der Waals surface area contributed by atoms with Crippen molar-refractivity contribution >= 4 is 28.6 Å². The molecule has 0 saturated carbocycles. The van der Waals surface area contributed by atoms with Gasteiger partial charge in [-0.25, -0.2) is 4.98 Å². The summed E-state index contributed by atoms with van der Waals surface area (Å²) >= 11 is 0. The van der Waals surface area contributed by atoms with E-state index in [2.05, 4.69) is 46.1 Å². The molecule has 8 heteroatoms. The molecule has 2 aromatic heterocycles. The minimum atomic E-state index is -0.429. The number of ether oxygens (including phenoxy) is 1. The Morgan fingerprint density at radius 1 is 1.00 bits per heavy atom. The van der Waals surface area contributed by atoms with Gasteiger partial charge >= 0.3 is 0 Å². The zero-order valence-corrected chi connectivity index (χ0v) is 20.1. The highest BCUT2D eigenvalue weighted by atomic mass is 16.5. The van der Waals surface area contributed by atoms with Gasteiger partial charge in [0.1, 0.15) is 28.5 Å². The number of piperazine rings is 1. The van der Waals surface area contributed by atoms with Gasteiger partial charge in [-0.2, -0.15) is 0 Å². The largest absolute Gasteiger partial charge is 0.508 e. The number of carbonyl (C=O) groups is 1. The quantitative estimate of drug-likeness (QED) is 0.426. The highest BCUT2D eigenvalue weighted by Gasteiger charge is 2.31. The standard InChI is InChI=1S/C28H26N4O4/c1-30-9-11-32(12-10-30)19-5-3-17(4-6-19)21-7-8-29-28-25(21)18(16-31(28)2)13-24-27(35)26-22(34)14-20(33)15-23(26)36-24/h3-8,13-16,33-34H,9-12H2,1-2H3. The number of hydrogen-bond acceptors (Lipinski definition) is 7. The third kappa shape index (κ3) is 3.67. The number of aromatic nitrogens is 2. The molecule has 2 aliphatic rings. The highest BCUT2D eigenvalue weighted by Crippen LogP contribution is 2.41. The number of pyridine rings is 1. The van der Waals surface area contributed by atoms with Crippen molar-refractivity contribution in [2.75, 3.05) is 38.1 Å². The Labute approximate surface area is 208 Å². The van der Waals surface area contributed by atoms with Crippen LogP contribution in [0.2, 0.25) is 0 Å². The number of rotatable bonds is 3. The van der Waals surface area contributed by atoms with Crippen LogP contribution in [0.25, 0.3) is 28.2 Å². The lowest BCUT2D eigenvalue weighted by Crippen LogP contribution is -2.44. The third-order valence-corrected chi connectivity index (χ3v) is 6.96. The number of fused-ring (bicyclic) bond motifs is 2. The Bertz CT molecular complexity index is 1530. The first kappa shape index (κ1) is 22.2. The number of aryl methyl sites for hydroxylation is 1. The van der Waals surface area contributed by atoms with E-state index in [1.807, 2.05) is 23.9 Å². The summed E-state index contributed by atoms with van der Waals surface area (Å²) in [7, 11) is 4.06. The predicted molar refractivity (Wildman–Crippen MR) is 139 cm³/mol. The van der Waals surface area contributed by atoms with E-state index in [-0.39, 0.29) is 28.6 Å². The molecular weight excluding hydrogens is 456 g/mol. The van der Waals surface area contributed by atoms with Gasteiger partial charge in [0.2, 0.25) is 5.78 Å². The molecule has 1 fully saturated rings. The van der Waals surface area contributed by atoms with Gasteiger partial charge in [-0.15, -0.1) is 0 Å². The van der Waals surface area contributed by atoms with Gasteiger partial charge < -0.3 is 29.3 Å². The summed E-state index contributed by atoms with van der Waals surface area (Å²) in [5.41, 5.74) is 4.87. The van der Waals surface area contributed by atoms with Gasteiger partial charge in [0, 0.05) is 74.4 Å². The normalized spacial score (nSPS) is 17.1. The van der Waals surface area contributed by atoms with Crippen molar-refractivity contribution in [2.24, 2.45) is 7.05 Å². The van der Waals surface area contributed by atoms with Crippen LogP contribution in [0.15, 0.2) is 60.6 Å². The summed E-state index contributed by atoms with van der Waals surface area (Å²) in [4.78, 5) is 22.3. The van der Waals surface area contributed by atoms with Crippen LogP contribution in [0.4, 0.5) is 5.69 Å². The number of allylic oxidation sites excluding steroid dienone is 1. The van der Waals surface area contributed by atoms with E-state index in [0.717, 1.165) is 60.0 Å². The van der Waals surface area contributed by atoms with Crippen LogP contribution >= 0.6 is 0 Å². The molecule has 0 atom stereocenters. The van der Waals surface area contributed by atoms with Gasteiger partial charge in [-0.3, -0.25) is 4.79 Å². The average Bonchev–Trinajstić information content (AvgIpc) is 3.35. The van der Waals surface area contributed by atoms with Crippen molar-refractivity contribution < 1.29 is 19.7 Å². The van der Waals surface area contributed by atoms with Crippen LogP contribution in [-0.4, -0.2) is 63.7 Å². The van der Waals surface area contributed by atoms with Crippen molar-refractivity contribution in [3.05, 3.63) is 71.7 Å². The number of anilines is 1. The second kappa shape index (κ2) is 8.42. The van der Waals surface area contributed by atoms with E-state index >= 15 is 0 Å². The molecule has 0 amide bonds. The zero-order chi connectivity index (χ0) is 25.0. The molecule has 1 saturated heterocycles. The third-order valence-electron chi connectivity index (χ3n) is 6.96. The second-order valence-electron chi connectivity index (χ2n) is 9.37. The Morgan fingerprint density at radius 3 is 2.50 bits per heavy atom. The molecule has 0 radical (unpaired) electrons. The van der Waals surface area contributed by atoms with Crippen LogP contribution < -0.4 is 9.64 Å². The first-order chi connectivity index (χ1) is 17.4. The lowest BCUT2D eigenvalue weighted by atomic mass is 10.00. The second-order valence-corrected chi connectivity index (χ2v) is 9.37. The lowest BCUT2D eigenvalue weighted by molar-refractivity contribution is 0.101. The van der Waals surface area contributed by atoms with E-state index in [4.69, 9.17) is 4.74 Å². The van der Waals surface area contributed by atoms with Crippen LogP contribution in [0.1, 0.15) is 15.9 Å². The molecule has 6 rings (SSSR count). The Kier molecular flexibility index (Phi) is 5.19.